The van der Waals surface area contributed by atoms with Crippen molar-refractivity contribution in [2.75, 3.05) is 60.2 Å². The topological polar surface area (TPSA) is 98.8 Å². The Morgan fingerprint density at radius 2 is 1.67 bits per heavy atom. The zero-order valence-electron chi connectivity index (χ0n) is 22.9. The fraction of sp³-hybridized carbons (Fsp3) is 0.345. The highest BCUT2D eigenvalue weighted by molar-refractivity contribution is 6.00. The number of alkyl halides is 4. The van der Waals surface area contributed by atoms with Crippen LogP contribution < -0.4 is 25.6 Å². The van der Waals surface area contributed by atoms with Crippen molar-refractivity contribution in [1.82, 2.24) is 9.88 Å². The molecular weight excluding hydrogens is 575 g/mol. The predicted octanol–water partition coefficient (Wildman–Crippen LogP) is 6.12. The van der Waals surface area contributed by atoms with Crippen LogP contribution in [0.5, 0.6) is 11.5 Å². The van der Waals surface area contributed by atoms with Crippen LogP contribution in [0.15, 0.2) is 54.7 Å². The Labute approximate surface area is 244 Å². The Balaban J connectivity index is 1.23. The zero-order valence-corrected chi connectivity index (χ0v) is 22.9. The molecule has 0 radical (unpaired) electrons. The van der Waals surface area contributed by atoms with Crippen LogP contribution in [0, 0.1) is 11.7 Å². The number of piperazine rings is 1. The second kappa shape index (κ2) is 12.8. The number of amides is 3. The van der Waals surface area contributed by atoms with Crippen molar-refractivity contribution in [3.8, 4) is 11.5 Å². The van der Waals surface area contributed by atoms with Crippen LogP contribution in [-0.2, 0) is 11.0 Å². The van der Waals surface area contributed by atoms with Gasteiger partial charge in [0.05, 0.1) is 5.56 Å². The summed E-state index contributed by atoms with van der Waals surface area (Å²) in [4.78, 5) is 32.3. The number of carbonyl (C=O) groups is 2. The molecule has 1 aliphatic carbocycles. The summed E-state index contributed by atoms with van der Waals surface area (Å²) in [6.45, 7) is 1.55. The minimum absolute atomic E-state index is 0.0214. The molecule has 2 aliphatic rings. The zero-order chi connectivity index (χ0) is 30.6. The van der Waals surface area contributed by atoms with Gasteiger partial charge in [0.2, 0.25) is 5.91 Å². The van der Waals surface area contributed by atoms with Crippen molar-refractivity contribution < 1.29 is 36.3 Å². The van der Waals surface area contributed by atoms with E-state index in [1.165, 1.54) is 36.5 Å². The van der Waals surface area contributed by atoms with E-state index >= 15 is 0 Å². The molecule has 43 heavy (non-hydrogen) atoms. The van der Waals surface area contributed by atoms with Crippen LogP contribution in [0.1, 0.15) is 18.4 Å². The average molecular weight is 605 g/mol. The molecule has 1 aliphatic heterocycles. The summed E-state index contributed by atoms with van der Waals surface area (Å²) in [6.07, 6.45) is -1.60. The summed E-state index contributed by atoms with van der Waals surface area (Å²) >= 11 is 0. The third-order valence-electron chi connectivity index (χ3n) is 6.99. The van der Waals surface area contributed by atoms with E-state index < -0.39 is 30.3 Å². The Morgan fingerprint density at radius 3 is 2.35 bits per heavy atom. The number of rotatable bonds is 9. The van der Waals surface area contributed by atoms with Gasteiger partial charge in [-0.3, -0.25) is 9.69 Å². The first kappa shape index (κ1) is 30.0. The summed E-state index contributed by atoms with van der Waals surface area (Å²) in [5, 5.41) is 7.47. The Morgan fingerprint density at radius 1 is 0.930 bits per heavy atom. The van der Waals surface area contributed by atoms with Crippen LogP contribution in [-0.4, -0.2) is 61.2 Å². The summed E-state index contributed by atoms with van der Waals surface area (Å²) in [5.74, 6) is -0.646. The predicted molar refractivity (Wildman–Crippen MR) is 151 cm³/mol. The standard InChI is InChI=1S/C29H29F5N6O3/c30-6-8-39-9-11-40(12-10-39)22-14-19(29(32,33)34)13-21(15-22)37-28(42)36-20-3-4-25(24(31)16-20)43-23-5-7-35-26(17-23)38-27(41)18-1-2-18/h3-5,7,13-18H,1-2,6,8-12H2,(H,35,38,41)(H2,36,37,42). The average Bonchev–Trinajstić information content (AvgIpc) is 3.81. The molecule has 2 heterocycles. The summed E-state index contributed by atoms with van der Waals surface area (Å²) in [5.41, 5.74) is -0.740. The number of benzene rings is 2. The maximum atomic E-state index is 14.8. The molecule has 3 N–H and O–H groups in total. The van der Waals surface area contributed by atoms with Gasteiger partial charge in [-0.15, -0.1) is 0 Å². The van der Waals surface area contributed by atoms with Gasteiger partial charge in [0, 0.05) is 74.0 Å². The minimum atomic E-state index is -4.66. The third kappa shape index (κ3) is 8.09. The van der Waals surface area contributed by atoms with Crippen molar-refractivity contribution in [3.63, 3.8) is 0 Å². The first-order chi connectivity index (χ1) is 20.6. The van der Waals surface area contributed by atoms with Crippen LogP contribution in [0.2, 0.25) is 0 Å². The second-order valence-corrected chi connectivity index (χ2v) is 10.3. The molecule has 3 aromatic rings. The van der Waals surface area contributed by atoms with Gasteiger partial charge in [-0.2, -0.15) is 13.2 Å². The van der Waals surface area contributed by atoms with Gasteiger partial charge < -0.3 is 25.6 Å². The molecule has 0 bridgehead atoms. The molecular formula is C29H29F5N6O3. The highest BCUT2D eigenvalue weighted by Gasteiger charge is 2.32. The fourth-order valence-electron chi connectivity index (χ4n) is 4.58. The maximum Gasteiger partial charge on any atom is 0.416 e. The van der Waals surface area contributed by atoms with Crippen LogP contribution in [0.25, 0.3) is 0 Å². The minimum Gasteiger partial charge on any atom is -0.454 e. The number of nitrogens with zero attached hydrogens (tertiary/aromatic N) is 3. The van der Waals surface area contributed by atoms with Crippen molar-refractivity contribution in [3.05, 3.63) is 66.1 Å². The van der Waals surface area contributed by atoms with Gasteiger partial charge >= 0.3 is 12.2 Å². The molecule has 14 heteroatoms. The number of anilines is 4. The number of aromatic nitrogens is 1. The van der Waals surface area contributed by atoms with E-state index in [2.05, 4.69) is 20.9 Å². The molecule has 9 nitrogen and oxygen atoms in total. The first-order valence-corrected chi connectivity index (χ1v) is 13.7. The highest BCUT2D eigenvalue weighted by Crippen LogP contribution is 2.35. The number of hydrogen-bond acceptors (Lipinski definition) is 6. The first-order valence-electron chi connectivity index (χ1n) is 13.7. The normalized spacial score (nSPS) is 15.6. The SMILES string of the molecule is O=C(Nc1cc(N2CCN(CCF)CC2)cc(C(F)(F)F)c1)Nc1ccc(Oc2ccnc(NC(=O)C3CC3)c2)c(F)c1. The molecule has 2 aromatic carbocycles. The number of ether oxygens (including phenoxy) is 1. The quantitative estimate of drug-likeness (QED) is 0.255. The smallest absolute Gasteiger partial charge is 0.416 e. The summed E-state index contributed by atoms with van der Waals surface area (Å²) in [6, 6.07) is 8.95. The molecule has 5 rings (SSSR count). The molecule has 228 valence electrons. The van der Waals surface area contributed by atoms with E-state index in [4.69, 9.17) is 4.74 Å². The number of pyridine rings is 1. The van der Waals surface area contributed by atoms with Crippen molar-refractivity contribution in [2.24, 2.45) is 5.92 Å². The molecule has 1 aromatic heterocycles. The van der Waals surface area contributed by atoms with E-state index in [-0.39, 0.29) is 52.7 Å². The maximum absolute atomic E-state index is 14.8. The van der Waals surface area contributed by atoms with Crippen molar-refractivity contribution in [2.45, 2.75) is 19.0 Å². The molecule has 2 fully saturated rings. The van der Waals surface area contributed by atoms with Gasteiger partial charge in [0.15, 0.2) is 11.6 Å². The van der Waals surface area contributed by atoms with E-state index in [1.54, 1.807) is 4.90 Å². The lowest BCUT2D eigenvalue weighted by Crippen LogP contribution is -2.47. The van der Waals surface area contributed by atoms with E-state index in [0.29, 0.717) is 26.2 Å². The Kier molecular flexibility index (Phi) is 8.94. The molecule has 1 saturated heterocycles. The Bertz CT molecular complexity index is 1480. The van der Waals surface area contributed by atoms with Crippen molar-refractivity contribution >= 4 is 34.8 Å². The van der Waals surface area contributed by atoms with Crippen LogP contribution in [0.3, 0.4) is 0 Å². The van der Waals surface area contributed by atoms with Gasteiger partial charge in [0.1, 0.15) is 18.2 Å². The van der Waals surface area contributed by atoms with Crippen LogP contribution in [0.4, 0.5) is 49.6 Å². The molecule has 3 amide bonds. The van der Waals surface area contributed by atoms with E-state index in [0.717, 1.165) is 31.0 Å². The lowest BCUT2D eigenvalue weighted by atomic mass is 10.1. The van der Waals surface area contributed by atoms with Gasteiger partial charge in [-0.25, -0.2) is 18.6 Å². The highest BCUT2D eigenvalue weighted by atomic mass is 19.4. The lowest BCUT2D eigenvalue weighted by Gasteiger charge is -2.36. The largest absolute Gasteiger partial charge is 0.454 e. The van der Waals surface area contributed by atoms with E-state index in [1.807, 2.05) is 4.90 Å². The van der Waals surface area contributed by atoms with Gasteiger partial charge in [0.25, 0.3) is 0 Å². The summed E-state index contributed by atoms with van der Waals surface area (Å²) in [7, 11) is 0. The van der Waals surface area contributed by atoms with Crippen LogP contribution >= 0.6 is 0 Å². The second-order valence-electron chi connectivity index (χ2n) is 10.3. The fourth-order valence-corrected chi connectivity index (χ4v) is 4.58. The number of hydrogen-bond donors (Lipinski definition) is 3. The Hall–Kier alpha value is -4.46. The molecule has 0 spiro atoms. The number of carbonyl (C=O) groups excluding carboxylic acids is 2. The van der Waals surface area contributed by atoms with Crippen molar-refractivity contribution in [1.29, 1.82) is 0 Å². The van der Waals surface area contributed by atoms with E-state index in [9.17, 15) is 31.5 Å². The molecule has 0 atom stereocenters. The lowest BCUT2D eigenvalue weighted by molar-refractivity contribution is -0.137. The number of urea groups is 1. The third-order valence-corrected chi connectivity index (χ3v) is 6.99. The monoisotopic (exact) mass is 604 g/mol. The van der Waals surface area contributed by atoms with Gasteiger partial charge in [-0.1, -0.05) is 0 Å². The molecule has 0 unspecified atom stereocenters. The number of nitrogens with one attached hydrogen (secondary N) is 3. The van der Waals surface area contributed by atoms with Gasteiger partial charge in [-0.05, 0) is 49.2 Å². The summed E-state index contributed by atoms with van der Waals surface area (Å²) < 4.78 is 74.0. The molecule has 1 saturated carbocycles. The number of halogens is 5.